The Labute approximate surface area is 115 Å². The fraction of sp³-hybridized carbons (Fsp3) is 0.778. The molecule has 0 saturated carbocycles. The van der Waals surface area contributed by atoms with Gasteiger partial charge in [-0.15, -0.1) is 5.10 Å². The van der Waals surface area contributed by atoms with Gasteiger partial charge < -0.3 is 5.32 Å². The summed E-state index contributed by atoms with van der Waals surface area (Å²) in [5.41, 5.74) is 0. The number of aromatic nitrogens is 3. The molecule has 102 valence electrons. The Hall–Kier alpha value is -0.510. The van der Waals surface area contributed by atoms with Gasteiger partial charge in [0.25, 0.3) is 10.0 Å². The number of likely N-dealkylation sites (N-methyl/N-ethyl adjacent to an activating group) is 1. The van der Waals surface area contributed by atoms with Gasteiger partial charge in [0.15, 0.2) is 4.60 Å². The van der Waals surface area contributed by atoms with E-state index in [1.807, 2.05) is 7.05 Å². The van der Waals surface area contributed by atoms with Gasteiger partial charge in [0, 0.05) is 26.2 Å². The van der Waals surface area contributed by atoms with E-state index in [2.05, 4.69) is 31.6 Å². The summed E-state index contributed by atoms with van der Waals surface area (Å²) >= 11 is 3.14. The molecule has 2 rings (SSSR count). The van der Waals surface area contributed by atoms with E-state index in [9.17, 15) is 8.42 Å². The van der Waals surface area contributed by atoms with Crippen LogP contribution in [0.2, 0.25) is 0 Å². The first-order valence-corrected chi connectivity index (χ1v) is 7.93. The molecule has 0 radical (unpaired) electrons. The van der Waals surface area contributed by atoms with E-state index >= 15 is 0 Å². The third-order valence-electron chi connectivity index (χ3n) is 3.05. The minimum Gasteiger partial charge on any atom is -0.318 e. The number of aryl methyl sites for hydroxylation is 1. The number of hydrogen-bond acceptors (Lipinski definition) is 5. The van der Waals surface area contributed by atoms with Gasteiger partial charge in [0.2, 0.25) is 5.03 Å². The fourth-order valence-electron chi connectivity index (χ4n) is 2.27. The summed E-state index contributed by atoms with van der Waals surface area (Å²) in [5.74, 6) is 0. The number of sulfonamides is 1. The van der Waals surface area contributed by atoms with Crippen molar-refractivity contribution in [3.8, 4) is 0 Å². The molecule has 7 nitrogen and oxygen atoms in total. The molecule has 0 bridgehead atoms. The molecule has 1 aromatic heterocycles. The van der Waals surface area contributed by atoms with Crippen molar-refractivity contribution in [3.63, 3.8) is 0 Å². The van der Waals surface area contributed by atoms with E-state index in [1.54, 1.807) is 7.05 Å². The Kier molecular flexibility index (Phi) is 4.05. The summed E-state index contributed by atoms with van der Waals surface area (Å²) in [6, 6.07) is 0.00167. The minimum atomic E-state index is -3.54. The lowest BCUT2D eigenvalue weighted by atomic mass is 10.2. The molecule has 9 heteroatoms. The summed E-state index contributed by atoms with van der Waals surface area (Å²) < 4.78 is 28.3. The van der Waals surface area contributed by atoms with Gasteiger partial charge in [-0.25, -0.2) is 13.1 Å². The smallest absolute Gasteiger partial charge is 0.263 e. The average Bonchev–Trinajstić information content (AvgIpc) is 2.87. The molecule has 0 aromatic carbocycles. The first-order chi connectivity index (χ1) is 8.48. The molecule has 1 saturated heterocycles. The highest BCUT2D eigenvalue weighted by Crippen LogP contribution is 2.28. The molecule has 1 atom stereocenters. The summed E-state index contributed by atoms with van der Waals surface area (Å²) in [6.07, 6.45) is 1.76. The largest absolute Gasteiger partial charge is 0.318 e. The SMILES string of the molecule is CNCC1CCCN1S(=O)(=O)c1c(Br)nnn1C. The molecule has 0 aliphatic carbocycles. The maximum Gasteiger partial charge on any atom is 0.263 e. The monoisotopic (exact) mass is 337 g/mol. The predicted octanol–water partition coefficient (Wildman–Crippen LogP) is -0.0499. The van der Waals surface area contributed by atoms with Crippen molar-refractivity contribution in [2.24, 2.45) is 7.05 Å². The zero-order valence-electron chi connectivity index (χ0n) is 10.3. The first kappa shape index (κ1) is 13.9. The summed E-state index contributed by atoms with van der Waals surface area (Å²) in [6.45, 7) is 1.20. The Morgan fingerprint density at radius 1 is 1.56 bits per heavy atom. The van der Waals surface area contributed by atoms with Crippen LogP contribution >= 0.6 is 15.9 Å². The van der Waals surface area contributed by atoms with E-state index < -0.39 is 10.0 Å². The van der Waals surface area contributed by atoms with E-state index in [4.69, 9.17) is 0 Å². The highest BCUT2D eigenvalue weighted by Gasteiger charge is 2.38. The van der Waals surface area contributed by atoms with Gasteiger partial charge in [0.1, 0.15) is 0 Å². The molecule has 0 spiro atoms. The van der Waals surface area contributed by atoms with Crippen molar-refractivity contribution in [1.29, 1.82) is 0 Å². The maximum atomic E-state index is 12.6. The van der Waals surface area contributed by atoms with E-state index in [0.717, 1.165) is 12.8 Å². The Balaban J connectivity index is 2.37. The molecule has 1 aliphatic heterocycles. The number of hydrogen-bond donors (Lipinski definition) is 1. The molecular formula is C9H16BrN5O2S. The second-order valence-electron chi connectivity index (χ2n) is 4.28. The van der Waals surface area contributed by atoms with Crippen LogP contribution in [0.1, 0.15) is 12.8 Å². The topological polar surface area (TPSA) is 80.1 Å². The van der Waals surface area contributed by atoms with Crippen LogP contribution in [0.15, 0.2) is 9.63 Å². The van der Waals surface area contributed by atoms with Crippen molar-refractivity contribution < 1.29 is 8.42 Å². The molecule has 1 unspecified atom stereocenters. The predicted molar refractivity (Wildman–Crippen MR) is 69.5 cm³/mol. The molecule has 18 heavy (non-hydrogen) atoms. The second-order valence-corrected chi connectivity index (χ2v) is 6.84. The molecule has 1 N–H and O–H groups in total. The lowest BCUT2D eigenvalue weighted by Crippen LogP contribution is -2.41. The van der Waals surface area contributed by atoms with Crippen molar-refractivity contribution in [2.45, 2.75) is 23.9 Å². The second kappa shape index (κ2) is 5.24. The average molecular weight is 338 g/mol. The molecule has 1 aromatic rings. The van der Waals surface area contributed by atoms with Crippen molar-refractivity contribution >= 4 is 26.0 Å². The van der Waals surface area contributed by atoms with Gasteiger partial charge in [-0.1, -0.05) is 5.21 Å². The number of nitrogens with zero attached hydrogens (tertiary/aromatic N) is 4. The van der Waals surface area contributed by atoms with Crippen LogP contribution in [0.3, 0.4) is 0 Å². The summed E-state index contributed by atoms with van der Waals surface area (Å²) in [4.78, 5) is 0. The third-order valence-corrected chi connectivity index (χ3v) is 5.89. The lowest BCUT2D eigenvalue weighted by molar-refractivity contribution is 0.375. The van der Waals surface area contributed by atoms with Gasteiger partial charge >= 0.3 is 0 Å². The zero-order valence-corrected chi connectivity index (χ0v) is 12.7. The fourth-order valence-corrected chi connectivity index (χ4v) is 5.00. The van der Waals surface area contributed by atoms with Crippen LogP contribution in [0.5, 0.6) is 0 Å². The molecular weight excluding hydrogens is 322 g/mol. The minimum absolute atomic E-state index is 0.00167. The van der Waals surface area contributed by atoms with Crippen LogP contribution in [0, 0.1) is 0 Å². The lowest BCUT2D eigenvalue weighted by Gasteiger charge is -2.23. The zero-order chi connectivity index (χ0) is 13.3. The third kappa shape index (κ3) is 2.31. The maximum absolute atomic E-state index is 12.6. The molecule has 2 heterocycles. The number of halogens is 1. The number of nitrogens with one attached hydrogen (secondary N) is 1. The Morgan fingerprint density at radius 2 is 2.28 bits per heavy atom. The summed E-state index contributed by atoms with van der Waals surface area (Å²) in [5, 5.41) is 10.6. The quantitative estimate of drug-likeness (QED) is 0.833. The van der Waals surface area contributed by atoms with E-state index in [1.165, 1.54) is 8.99 Å². The highest BCUT2D eigenvalue weighted by atomic mass is 79.9. The van der Waals surface area contributed by atoms with E-state index in [0.29, 0.717) is 13.1 Å². The normalized spacial score (nSPS) is 21.6. The van der Waals surface area contributed by atoms with Crippen molar-refractivity contribution in [2.75, 3.05) is 20.1 Å². The van der Waals surface area contributed by atoms with Gasteiger partial charge in [-0.2, -0.15) is 4.31 Å². The first-order valence-electron chi connectivity index (χ1n) is 5.70. The Morgan fingerprint density at radius 3 is 2.83 bits per heavy atom. The Bertz CT molecular complexity index is 510. The van der Waals surface area contributed by atoms with Crippen LogP contribution in [-0.4, -0.2) is 53.9 Å². The van der Waals surface area contributed by atoms with Gasteiger partial charge in [0.05, 0.1) is 0 Å². The van der Waals surface area contributed by atoms with E-state index in [-0.39, 0.29) is 15.7 Å². The van der Waals surface area contributed by atoms with Crippen molar-refractivity contribution in [3.05, 3.63) is 4.60 Å². The van der Waals surface area contributed by atoms with Crippen LogP contribution in [-0.2, 0) is 17.1 Å². The number of rotatable bonds is 4. The highest BCUT2D eigenvalue weighted by molar-refractivity contribution is 9.10. The molecule has 1 fully saturated rings. The van der Waals surface area contributed by atoms with Crippen LogP contribution in [0.25, 0.3) is 0 Å². The van der Waals surface area contributed by atoms with Crippen LogP contribution < -0.4 is 5.32 Å². The standard InChI is InChI=1S/C9H16BrN5O2S/c1-11-6-7-4-3-5-15(7)18(16,17)9-8(10)12-13-14(9)2/h7,11H,3-6H2,1-2H3. The van der Waals surface area contributed by atoms with Crippen molar-refractivity contribution in [1.82, 2.24) is 24.6 Å². The van der Waals surface area contributed by atoms with Crippen LogP contribution in [0.4, 0.5) is 0 Å². The summed E-state index contributed by atoms with van der Waals surface area (Å²) in [7, 11) is -0.142. The molecule has 0 amide bonds. The molecule has 1 aliphatic rings. The van der Waals surface area contributed by atoms with Gasteiger partial charge in [-0.3, -0.25) is 0 Å². The van der Waals surface area contributed by atoms with Gasteiger partial charge in [-0.05, 0) is 35.8 Å².